The first-order valence-corrected chi connectivity index (χ1v) is 6.50. The van der Waals surface area contributed by atoms with Crippen LogP contribution in [0.25, 0.3) is 16.9 Å². The van der Waals surface area contributed by atoms with Crippen molar-refractivity contribution in [3.05, 3.63) is 76.4 Å². The van der Waals surface area contributed by atoms with Crippen LogP contribution in [0.5, 0.6) is 0 Å². The molecule has 1 aliphatic rings. The molecule has 1 heterocycles. The Hall–Kier alpha value is -2.42. The molecule has 0 atom stereocenters. The van der Waals surface area contributed by atoms with E-state index in [0.29, 0.717) is 11.3 Å². The third kappa shape index (κ3) is 2.62. The number of halogens is 1. The van der Waals surface area contributed by atoms with Gasteiger partial charge >= 0.3 is 5.63 Å². The maximum atomic E-state index is 12.9. The Balaban J connectivity index is 2.07. The van der Waals surface area contributed by atoms with Crippen molar-refractivity contribution in [2.45, 2.75) is 12.8 Å². The van der Waals surface area contributed by atoms with Crippen LogP contribution in [-0.2, 0) is 0 Å². The smallest absolute Gasteiger partial charge is 0.336 e. The van der Waals surface area contributed by atoms with Crippen LogP contribution in [0.3, 0.4) is 0 Å². The van der Waals surface area contributed by atoms with Crippen LogP contribution in [0.4, 0.5) is 4.39 Å². The molecule has 1 aromatic carbocycles. The molecule has 0 saturated carbocycles. The van der Waals surface area contributed by atoms with E-state index in [2.05, 4.69) is 12.2 Å². The second-order valence-corrected chi connectivity index (χ2v) is 4.68. The topological polar surface area (TPSA) is 30.2 Å². The fourth-order valence-corrected chi connectivity index (χ4v) is 2.23. The highest BCUT2D eigenvalue weighted by Crippen LogP contribution is 2.25. The van der Waals surface area contributed by atoms with E-state index in [1.54, 1.807) is 12.1 Å². The number of allylic oxidation sites excluding steroid dienone is 4. The van der Waals surface area contributed by atoms with Crippen molar-refractivity contribution < 1.29 is 8.81 Å². The fourth-order valence-electron chi connectivity index (χ4n) is 2.23. The zero-order valence-corrected chi connectivity index (χ0v) is 10.8. The molecule has 2 aromatic rings. The maximum absolute atomic E-state index is 12.9. The minimum Gasteiger partial charge on any atom is -0.423 e. The van der Waals surface area contributed by atoms with Crippen molar-refractivity contribution in [3.63, 3.8) is 0 Å². The summed E-state index contributed by atoms with van der Waals surface area (Å²) in [5, 5.41) is 0. The lowest BCUT2D eigenvalue weighted by Gasteiger charge is -2.08. The molecule has 0 radical (unpaired) electrons. The van der Waals surface area contributed by atoms with E-state index < -0.39 is 5.63 Å². The van der Waals surface area contributed by atoms with Gasteiger partial charge in [-0.05, 0) is 54.3 Å². The summed E-state index contributed by atoms with van der Waals surface area (Å²) in [6, 6.07) is 9.19. The van der Waals surface area contributed by atoms with Gasteiger partial charge in [0.2, 0.25) is 0 Å². The molecule has 0 amide bonds. The van der Waals surface area contributed by atoms with Gasteiger partial charge in [-0.25, -0.2) is 9.18 Å². The van der Waals surface area contributed by atoms with Gasteiger partial charge in [-0.2, -0.15) is 0 Å². The first-order valence-electron chi connectivity index (χ1n) is 6.50. The Labute approximate surface area is 115 Å². The largest absolute Gasteiger partial charge is 0.423 e. The van der Waals surface area contributed by atoms with Gasteiger partial charge in [0.1, 0.15) is 11.6 Å². The summed E-state index contributed by atoms with van der Waals surface area (Å²) in [5.74, 6) is 0.137. The monoisotopic (exact) mass is 268 g/mol. The Bertz CT molecular complexity index is 736. The normalized spacial score (nSPS) is 14.2. The molecule has 0 spiro atoms. The Morgan fingerprint density at radius 3 is 2.50 bits per heavy atom. The lowest BCUT2D eigenvalue weighted by Crippen LogP contribution is -2.00. The Kier molecular flexibility index (Phi) is 3.33. The highest BCUT2D eigenvalue weighted by Gasteiger charge is 2.08. The van der Waals surface area contributed by atoms with Gasteiger partial charge in [0.15, 0.2) is 0 Å². The Morgan fingerprint density at radius 2 is 1.80 bits per heavy atom. The molecule has 0 saturated heterocycles. The predicted molar refractivity (Wildman–Crippen MR) is 76.7 cm³/mol. The molecule has 0 bridgehead atoms. The molecule has 3 heteroatoms. The van der Waals surface area contributed by atoms with E-state index in [-0.39, 0.29) is 5.82 Å². The fraction of sp³-hybridized carbons (Fsp3) is 0.118. The quantitative estimate of drug-likeness (QED) is 0.818. The third-order valence-electron chi connectivity index (χ3n) is 3.23. The minimum absolute atomic E-state index is 0.315. The van der Waals surface area contributed by atoms with Crippen LogP contribution in [0.2, 0.25) is 0 Å². The van der Waals surface area contributed by atoms with Crippen LogP contribution >= 0.6 is 0 Å². The molecule has 3 rings (SSSR count). The van der Waals surface area contributed by atoms with E-state index >= 15 is 0 Å². The molecular weight excluding hydrogens is 255 g/mol. The van der Waals surface area contributed by atoms with E-state index in [4.69, 9.17) is 4.42 Å². The second-order valence-electron chi connectivity index (χ2n) is 4.68. The number of hydrogen-bond acceptors (Lipinski definition) is 2. The highest BCUT2D eigenvalue weighted by atomic mass is 19.1. The van der Waals surface area contributed by atoms with Crippen LogP contribution in [0, 0.1) is 5.82 Å². The molecule has 0 unspecified atom stereocenters. The molecule has 1 aliphatic carbocycles. The summed E-state index contributed by atoms with van der Waals surface area (Å²) in [7, 11) is 0. The van der Waals surface area contributed by atoms with Crippen LogP contribution in [0.1, 0.15) is 18.4 Å². The van der Waals surface area contributed by atoms with Crippen molar-refractivity contribution >= 4 is 5.57 Å². The Morgan fingerprint density at radius 1 is 1.00 bits per heavy atom. The van der Waals surface area contributed by atoms with Crippen molar-refractivity contribution in [3.8, 4) is 11.3 Å². The molecule has 20 heavy (non-hydrogen) atoms. The van der Waals surface area contributed by atoms with E-state index in [1.165, 1.54) is 18.2 Å². The van der Waals surface area contributed by atoms with E-state index in [0.717, 1.165) is 24.0 Å². The molecule has 1 aromatic heterocycles. The van der Waals surface area contributed by atoms with Crippen LogP contribution in [-0.4, -0.2) is 0 Å². The van der Waals surface area contributed by atoms with Crippen LogP contribution in [0.15, 0.2) is 63.8 Å². The average molecular weight is 268 g/mol. The van der Waals surface area contributed by atoms with Gasteiger partial charge < -0.3 is 4.42 Å². The third-order valence-corrected chi connectivity index (χ3v) is 3.23. The number of hydrogen-bond donors (Lipinski definition) is 0. The molecule has 0 aliphatic heterocycles. The molecule has 2 nitrogen and oxygen atoms in total. The van der Waals surface area contributed by atoms with Crippen molar-refractivity contribution in [1.82, 2.24) is 0 Å². The van der Waals surface area contributed by atoms with Crippen molar-refractivity contribution in [1.29, 1.82) is 0 Å². The van der Waals surface area contributed by atoms with Gasteiger partial charge in [-0.3, -0.25) is 0 Å². The SMILES string of the molecule is O=c1cc(C2=CCCC=C2)cc(-c2ccc(F)cc2)o1. The molecule has 0 N–H and O–H groups in total. The zero-order valence-electron chi connectivity index (χ0n) is 10.8. The molecular formula is C17H13FO2. The summed E-state index contributed by atoms with van der Waals surface area (Å²) in [6.07, 6.45) is 8.19. The minimum atomic E-state index is -0.401. The predicted octanol–water partition coefficient (Wildman–Crippen LogP) is 4.18. The molecule has 100 valence electrons. The van der Waals surface area contributed by atoms with Gasteiger partial charge in [0.25, 0.3) is 0 Å². The first kappa shape index (κ1) is 12.6. The van der Waals surface area contributed by atoms with Gasteiger partial charge in [-0.1, -0.05) is 18.2 Å². The van der Waals surface area contributed by atoms with Gasteiger partial charge in [-0.15, -0.1) is 0 Å². The summed E-state index contributed by atoms with van der Waals surface area (Å²) in [5.41, 5.74) is 2.14. The van der Waals surface area contributed by atoms with E-state index in [1.807, 2.05) is 12.1 Å². The molecule has 0 fully saturated rings. The lowest BCUT2D eigenvalue weighted by atomic mass is 9.99. The number of benzene rings is 1. The highest BCUT2D eigenvalue weighted by molar-refractivity contribution is 5.76. The lowest BCUT2D eigenvalue weighted by molar-refractivity contribution is 0.525. The summed E-state index contributed by atoms with van der Waals surface area (Å²) in [4.78, 5) is 11.7. The summed E-state index contributed by atoms with van der Waals surface area (Å²) in [6.45, 7) is 0. The van der Waals surface area contributed by atoms with Crippen molar-refractivity contribution in [2.75, 3.05) is 0 Å². The van der Waals surface area contributed by atoms with E-state index in [9.17, 15) is 9.18 Å². The number of rotatable bonds is 2. The first-order chi connectivity index (χ1) is 9.72. The average Bonchev–Trinajstić information content (AvgIpc) is 2.48. The van der Waals surface area contributed by atoms with Gasteiger partial charge in [0, 0.05) is 11.6 Å². The standard InChI is InChI=1S/C17H13FO2/c18-15-8-6-13(7-9-15)16-10-14(11-17(19)20-16)12-4-2-1-3-5-12/h2,4-11H,1,3H2. The van der Waals surface area contributed by atoms with Crippen molar-refractivity contribution in [2.24, 2.45) is 0 Å². The second kappa shape index (κ2) is 5.29. The summed E-state index contributed by atoms with van der Waals surface area (Å²) >= 11 is 0. The zero-order chi connectivity index (χ0) is 13.9. The maximum Gasteiger partial charge on any atom is 0.336 e. The van der Waals surface area contributed by atoms with Gasteiger partial charge in [0.05, 0.1) is 0 Å². The summed E-state index contributed by atoms with van der Waals surface area (Å²) < 4.78 is 18.1. The van der Waals surface area contributed by atoms with Crippen LogP contribution < -0.4 is 5.63 Å².